The Morgan fingerprint density at radius 3 is 2.27 bits per heavy atom. The smallest absolute Gasteiger partial charge is 0.325 e. The summed E-state index contributed by atoms with van der Waals surface area (Å²) in [5.74, 6) is -0.707. The molecule has 0 spiro atoms. The van der Waals surface area contributed by atoms with Crippen LogP contribution < -0.4 is 0 Å². The summed E-state index contributed by atoms with van der Waals surface area (Å²) in [5.41, 5.74) is 1.89. The van der Waals surface area contributed by atoms with E-state index in [1.165, 1.54) is 17.7 Å². The Morgan fingerprint density at radius 1 is 1.00 bits per heavy atom. The number of carboxylic acid groups (broad SMARTS) is 1. The highest BCUT2D eigenvalue weighted by molar-refractivity contribution is 5.75. The molecule has 0 aromatic heterocycles. The van der Waals surface area contributed by atoms with Gasteiger partial charge < -0.3 is 10.2 Å². The van der Waals surface area contributed by atoms with Crippen LogP contribution in [0.1, 0.15) is 17.2 Å². The van der Waals surface area contributed by atoms with Crippen LogP contribution in [0.15, 0.2) is 60.7 Å². The van der Waals surface area contributed by atoms with Crippen LogP contribution in [0, 0.1) is 0 Å². The topological polar surface area (TPSA) is 64.0 Å². The molecule has 1 aliphatic rings. The van der Waals surface area contributed by atoms with E-state index in [-0.39, 0.29) is 5.75 Å². The van der Waals surface area contributed by atoms with Crippen molar-refractivity contribution >= 4 is 12.0 Å². The molecular formula is C21H24N2O3. The van der Waals surface area contributed by atoms with Crippen molar-refractivity contribution in [2.24, 2.45) is 0 Å². The first-order valence-electron chi connectivity index (χ1n) is 8.83. The molecule has 2 aromatic rings. The third kappa shape index (κ3) is 4.71. The standard InChI is InChI=1S/C21H24N2O3/c24-19-10-8-18(9-11-19)20(21(25)26)23-15-13-22(14-16-23)12-4-7-17-5-2-1-3-6-17/h1-11,20,24H,12-16H2,(H,25,26). The van der Waals surface area contributed by atoms with Crippen molar-refractivity contribution in [3.05, 3.63) is 71.8 Å². The van der Waals surface area contributed by atoms with Crippen LogP contribution in [0.2, 0.25) is 0 Å². The number of phenolic OH excluding ortho intramolecular Hbond substituents is 1. The fraction of sp³-hybridized carbons (Fsp3) is 0.286. The van der Waals surface area contributed by atoms with E-state index in [1.807, 2.05) is 23.1 Å². The Morgan fingerprint density at radius 2 is 1.65 bits per heavy atom. The van der Waals surface area contributed by atoms with Gasteiger partial charge in [-0.3, -0.25) is 14.6 Å². The molecule has 2 N–H and O–H groups in total. The molecule has 1 atom stereocenters. The lowest BCUT2D eigenvalue weighted by molar-refractivity contribution is -0.144. The molecule has 1 aliphatic heterocycles. The summed E-state index contributed by atoms with van der Waals surface area (Å²) in [6.07, 6.45) is 4.27. The minimum Gasteiger partial charge on any atom is -0.508 e. The van der Waals surface area contributed by atoms with Crippen LogP contribution in [0.4, 0.5) is 0 Å². The second-order valence-electron chi connectivity index (χ2n) is 6.48. The molecule has 0 bridgehead atoms. The Kier molecular flexibility index (Phi) is 6.04. The highest BCUT2D eigenvalue weighted by atomic mass is 16.4. The summed E-state index contributed by atoms with van der Waals surface area (Å²) in [4.78, 5) is 16.1. The molecular weight excluding hydrogens is 328 g/mol. The molecule has 0 amide bonds. The van der Waals surface area contributed by atoms with Crippen molar-refractivity contribution in [3.8, 4) is 5.75 Å². The maximum absolute atomic E-state index is 11.8. The average Bonchev–Trinajstić information content (AvgIpc) is 2.65. The number of aliphatic carboxylic acids is 1. The van der Waals surface area contributed by atoms with E-state index in [9.17, 15) is 15.0 Å². The summed E-state index contributed by atoms with van der Waals surface area (Å²) >= 11 is 0. The van der Waals surface area contributed by atoms with Crippen LogP contribution >= 0.6 is 0 Å². The molecule has 0 radical (unpaired) electrons. The summed E-state index contributed by atoms with van der Waals surface area (Å²) in [6, 6.07) is 16.0. The third-order valence-electron chi connectivity index (χ3n) is 4.69. The molecule has 26 heavy (non-hydrogen) atoms. The normalized spacial score (nSPS) is 17.4. The SMILES string of the molecule is O=C(O)C(c1ccc(O)cc1)N1CCN(CC=Cc2ccccc2)CC1. The van der Waals surface area contributed by atoms with Gasteiger partial charge >= 0.3 is 5.97 Å². The largest absolute Gasteiger partial charge is 0.508 e. The van der Waals surface area contributed by atoms with Gasteiger partial charge in [-0.05, 0) is 23.3 Å². The second-order valence-corrected chi connectivity index (χ2v) is 6.48. The van der Waals surface area contributed by atoms with Crippen LogP contribution in [-0.4, -0.2) is 58.7 Å². The van der Waals surface area contributed by atoms with Crippen molar-refractivity contribution in [1.29, 1.82) is 0 Å². The number of aromatic hydroxyl groups is 1. The second kappa shape index (κ2) is 8.65. The van der Waals surface area contributed by atoms with Gasteiger partial charge in [-0.25, -0.2) is 0 Å². The van der Waals surface area contributed by atoms with Crippen molar-refractivity contribution in [3.63, 3.8) is 0 Å². The van der Waals surface area contributed by atoms with Crippen LogP contribution in [-0.2, 0) is 4.79 Å². The summed E-state index contributed by atoms with van der Waals surface area (Å²) in [7, 11) is 0. The van der Waals surface area contributed by atoms with E-state index < -0.39 is 12.0 Å². The number of nitrogens with zero attached hydrogens (tertiary/aromatic N) is 2. The van der Waals surface area contributed by atoms with E-state index in [1.54, 1.807) is 12.1 Å². The molecule has 0 aliphatic carbocycles. The van der Waals surface area contributed by atoms with Crippen LogP contribution in [0.25, 0.3) is 6.08 Å². The van der Waals surface area contributed by atoms with Gasteiger partial charge in [-0.1, -0.05) is 54.6 Å². The Hall–Kier alpha value is -2.63. The van der Waals surface area contributed by atoms with Crippen molar-refractivity contribution < 1.29 is 15.0 Å². The van der Waals surface area contributed by atoms with E-state index in [0.29, 0.717) is 18.7 Å². The van der Waals surface area contributed by atoms with E-state index >= 15 is 0 Å². The third-order valence-corrected chi connectivity index (χ3v) is 4.69. The minimum absolute atomic E-state index is 0.146. The van der Waals surface area contributed by atoms with Gasteiger partial charge in [0.1, 0.15) is 11.8 Å². The number of benzene rings is 2. The first-order chi connectivity index (χ1) is 12.6. The van der Waals surface area contributed by atoms with Crippen LogP contribution in [0.5, 0.6) is 5.75 Å². The van der Waals surface area contributed by atoms with Crippen LogP contribution in [0.3, 0.4) is 0 Å². The zero-order valence-electron chi connectivity index (χ0n) is 14.7. The number of carboxylic acids is 1. The molecule has 1 saturated heterocycles. The molecule has 2 aromatic carbocycles. The van der Waals surface area contributed by atoms with Crippen molar-refractivity contribution in [2.45, 2.75) is 6.04 Å². The first kappa shape index (κ1) is 18.2. The van der Waals surface area contributed by atoms with E-state index in [4.69, 9.17) is 0 Å². The first-order valence-corrected chi connectivity index (χ1v) is 8.83. The van der Waals surface area contributed by atoms with E-state index in [2.05, 4.69) is 29.2 Å². The fourth-order valence-corrected chi connectivity index (χ4v) is 3.27. The van der Waals surface area contributed by atoms with E-state index in [0.717, 1.165) is 19.6 Å². The quantitative estimate of drug-likeness (QED) is 0.837. The Bertz CT molecular complexity index is 736. The maximum Gasteiger partial charge on any atom is 0.325 e. The number of hydrogen-bond donors (Lipinski definition) is 2. The highest BCUT2D eigenvalue weighted by Crippen LogP contribution is 2.24. The van der Waals surface area contributed by atoms with Gasteiger partial charge in [0, 0.05) is 32.7 Å². The lowest BCUT2D eigenvalue weighted by atomic mass is 10.0. The Labute approximate surface area is 153 Å². The van der Waals surface area contributed by atoms with Gasteiger partial charge in [0.25, 0.3) is 0 Å². The van der Waals surface area contributed by atoms with Gasteiger partial charge in [0.15, 0.2) is 0 Å². The molecule has 1 fully saturated rings. The summed E-state index contributed by atoms with van der Waals surface area (Å²) in [6.45, 7) is 3.94. The highest BCUT2D eigenvalue weighted by Gasteiger charge is 2.29. The fourth-order valence-electron chi connectivity index (χ4n) is 3.27. The number of phenols is 1. The lowest BCUT2D eigenvalue weighted by Crippen LogP contribution is -2.49. The van der Waals surface area contributed by atoms with Gasteiger partial charge in [0.05, 0.1) is 0 Å². The maximum atomic E-state index is 11.8. The molecule has 5 nitrogen and oxygen atoms in total. The molecule has 1 heterocycles. The molecule has 5 heteroatoms. The lowest BCUT2D eigenvalue weighted by Gasteiger charge is -2.37. The number of hydrogen-bond acceptors (Lipinski definition) is 4. The predicted octanol–water partition coefficient (Wildman–Crippen LogP) is 2.85. The number of rotatable bonds is 6. The number of carbonyl (C=O) groups is 1. The Balaban J connectivity index is 1.55. The zero-order valence-corrected chi connectivity index (χ0v) is 14.7. The predicted molar refractivity (Wildman–Crippen MR) is 102 cm³/mol. The molecule has 1 unspecified atom stereocenters. The van der Waals surface area contributed by atoms with Crippen molar-refractivity contribution in [1.82, 2.24) is 9.80 Å². The molecule has 0 saturated carbocycles. The van der Waals surface area contributed by atoms with Gasteiger partial charge in [-0.2, -0.15) is 0 Å². The average molecular weight is 352 g/mol. The minimum atomic E-state index is -0.854. The molecule has 136 valence electrons. The zero-order chi connectivity index (χ0) is 18.4. The number of piperazine rings is 1. The van der Waals surface area contributed by atoms with Crippen molar-refractivity contribution in [2.75, 3.05) is 32.7 Å². The summed E-state index contributed by atoms with van der Waals surface area (Å²) < 4.78 is 0. The summed E-state index contributed by atoms with van der Waals surface area (Å²) in [5, 5.41) is 19.1. The van der Waals surface area contributed by atoms with Gasteiger partial charge in [-0.15, -0.1) is 0 Å². The van der Waals surface area contributed by atoms with Gasteiger partial charge in [0.2, 0.25) is 0 Å². The monoisotopic (exact) mass is 352 g/mol. The molecule has 3 rings (SSSR count).